The third-order valence-corrected chi connectivity index (χ3v) is 3.18. The van der Waals surface area contributed by atoms with Crippen molar-refractivity contribution in [3.8, 4) is 11.4 Å². The van der Waals surface area contributed by atoms with Crippen LogP contribution >= 0.6 is 0 Å². The summed E-state index contributed by atoms with van der Waals surface area (Å²) in [5, 5.41) is 4.01. The highest BCUT2D eigenvalue weighted by atomic mass is 16.5. The maximum atomic E-state index is 5.57. The summed E-state index contributed by atoms with van der Waals surface area (Å²) in [6.45, 7) is 5.45. The lowest BCUT2D eigenvalue weighted by molar-refractivity contribution is 0.226. The van der Waals surface area contributed by atoms with E-state index in [1.54, 1.807) is 0 Å². The fourth-order valence-corrected chi connectivity index (χ4v) is 1.62. The van der Waals surface area contributed by atoms with Gasteiger partial charge in [0.2, 0.25) is 11.7 Å². The second-order valence-electron chi connectivity index (χ2n) is 4.92. The Labute approximate surface area is 113 Å². The lowest BCUT2D eigenvalue weighted by atomic mass is 10.1. The zero-order valence-corrected chi connectivity index (χ0v) is 11.6. The van der Waals surface area contributed by atoms with Gasteiger partial charge >= 0.3 is 0 Å². The third-order valence-electron chi connectivity index (χ3n) is 3.18. The molecular formula is C14H20N4O. The summed E-state index contributed by atoms with van der Waals surface area (Å²) in [5.41, 5.74) is 7.60. The number of nitrogens with zero attached hydrogens (tertiary/aromatic N) is 3. The first-order chi connectivity index (χ1) is 9.10. The van der Waals surface area contributed by atoms with Crippen molar-refractivity contribution in [1.29, 1.82) is 0 Å². The topological polar surface area (TPSA) is 68.2 Å². The van der Waals surface area contributed by atoms with Crippen LogP contribution in [0.2, 0.25) is 0 Å². The summed E-state index contributed by atoms with van der Waals surface area (Å²) < 4.78 is 5.27. The maximum Gasteiger partial charge on any atom is 0.241 e. The van der Waals surface area contributed by atoms with Gasteiger partial charge in [-0.05, 0) is 26.5 Å². The maximum absolute atomic E-state index is 5.57. The summed E-state index contributed by atoms with van der Waals surface area (Å²) in [4.78, 5) is 6.56. The molecule has 5 heteroatoms. The lowest BCUT2D eigenvalue weighted by Crippen LogP contribution is -2.25. The molecule has 5 nitrogen and oxygen atoms in total. The van der Waals surface area contributed by atoms with Crippen LogP contribution in [-0.4, -0.2) is 28.1 Å². The fraction of sp³-hybridized carbons (Fsp3) is 0.429. The number of nitrogens with two attached hydrogens (primary N) is 1. The van der Waals surface area contributed by atoms with E-state index in [9.17, 15) is 0 Å². The number of rotatable bonds is 5. The van der Waals surface area contributed by atoms with E-state index >= 15 is 0 Å². The van der Waals surface area contributed by atoms with Crippen LogP contribution in [0.15, 0.2) is 28.8 Å². The molecule has 0 unspecified atom stereocenters. The SMILES string of the molecule is CC(C)N(C)Cc1nc(-c2ccc(CN)cc2)no1. The van der Waals surface area contributed by atoms with Crippen LogP contribution in [0.25, 0.3) is 11.4 Å². The van der Waals surface area contributed by atoms with E-state index in [0.29, 0.717) is 30.8 Å². The predicted octanol–water partition coefficient (Wildman–Crippen LogP) is 2.04. The molecular weight excluding hydrogens is 240 g/mol. The molecule has 0 saturated heterocycles. The molecule has 0 spiro atoms. The zero-order chi connectivity index (χ0) is 13.8. The van der Waals surface area contributed by atoms with Crippen LogP contribution in [-0.2, 0) is 13.1 Å². The van der Waals surface area contributed by atoms with Crippen molar-refractivity contribution in [2.75, 3.05) is 7.05 Å². The Morgan fingerprint density at radius 2 is 1.95 bits per heavy atom. The van der Waals surface area contributed by atoms with Crippen LogP contribution < -0.4 is 5.73 Å². The van der Waals surface area contributed by atoms with Crippen LogP contribution in [0.4, 0.5) is 0 Å². The molecule has 0 aliphatic carbocycles. The van der Waals surface area contributed by atoms with Gasteiger partial charge in [-0.3, -0.25) is 4.90 Å². The monoisotopic (exact) mass is 260 g/mol. The van der Waals surface area contributed by atoms with Crippen molar-refractivity contribution in [3.05, 3.63) is 35.7 Å². The van der Waals surface area contributed by atoms with Crippen LogP contribution in [0.5, 0.6) is 0 Å². The Hall–Kier alpha value is -1.72. The van der Waals surface area contributed by atoms with E-state index in [4.69, 9.17) is 10.3 Å². The van der Waals surface area contributed by atoms with Crippen molar-refractivity contribution in [1.82, 2.24) is 15.0 Å². The summed E-state index contributed by atoms with van der Waals surface area (Å²) in [7, 11) is 2.03. The normalized spacial score (nSPS) is 11.5. The molecule has 0 amide bonds. The molecule has 1 heterocycles. The average molecular weight is 260 g/mol. The second kappa shape index (κ2) is 5.95. The van der Waals surface area contributed by atoms with Gasteiger partial charge in [0.25, 0.3) is 0 Å². The van der Waals surface area contributed by atoms with Gasteiger partial charge in [-0.25, -0.2) is 0 Å². The minimum Gasteiger partial charge on any atom is -0.338 e. The molecule has 102 valence electrons. The van der Waals surface area contributed by atoms with Crippen molar-refractivity contribution < 1.29 is 4.52 Å². The van der Waals surface area contributed by atoms with Crippen LogP contribution in [0, 0.1) is 0 Å². The molecule has 1 aromatic carbocycles. The van der Waals surface area contributed by atoms with Crippen molar-refractivity contribution >= 4 is 0 Å². The van der Waals surface area contributed by atoms with Gasteiger partial charge in [-0.15, -0.1) is 0 Å². The third kappa shape index (κ3) is 3.39. The fourth-order valence-electron chi connectivity index (χ4n) is 1.62. The summed E-state index contributed by atoms with van der Waals surface area (Å²) in [6, 6.07) is 8.32. The molecule has 0 aliphatic rings. The molecule has 2 rings (SSSR count). The average Bonchev–Trinajstić information content (AvgIpc) is 2.87. The van der Waals surface area contributed by atoms with Crippen molar-refractivity contribution in [2.24, 2.45) is 5.73 Å². The van der Waals surface area contributed by atoms with Gasteiger partial charge in [0.15, 0.2) is 0 Å². The summed E-state index contributed by atoms with van der Waals surface area (Å²) in [6.07, 6.45) is 0. The van der Waals surface area contributed by atoms with Gasteiger partial charge in [-0.2, -0.15) is 4.98 Å². The minimum atomic E-state index is 0.444. The first kappa shape index (κ1) is 13.7. The molecule has 0 aliphatic heterocycles. The Bertz CT molecular complexity index is 518. The molecule has 1 aromatic heterocycles. The second-order valence-corrected chi connectivity index (χ2v) is 4.92. The lowest BCUT2D eigenvalue weighted by Gasteiger charge is -2.17. The van der Waals surface area contributed by atoms with E-state index in [1.165, 1.54) is 0 Å². The van der Waals surface area contributed by atoms with Crippen LogP contribution in [0.1, 0.15) is 25.3 Å². The first-order valence-electron chi connectivity index (χ1n) is 6.42. The number of benzene rings is 1. The summed E-state index contributed by atoms with van der Waals surface area (Å²) >= 11 is 0. The Morgan fingerprint density at radius 1 is 1.26 bits per heavy atom. The smallest absolute Gasteiger partial charge is 0.241 e. The molecule has 2 N–H and O–H groups in total. The quantitative estimate of drug-likeness (QED) is 0.891. The molecule has 0 saturated carbocycles. The number of hydrogen-bond acceptors (Lipinski definition) is 5. The molecule has 0 atom stereocenters. The Balaban J connectivity index is 2.11. The van der Waals surface area contributed by atoms with Crippen molar-refractivity contribution in [3.63, 3.8) is 0 Å². The Kier molecular flexibility index (Phi) is 4.29. The highest BCUT2D eigenvalue weighted by Gasteiger charge is 2.12. The van der Waals surface area contributed by atoms with E-state index in [1.807, 2.05) is 31.3 Å². The van der Waals surface area contributed by atoms with Gasteiger partial charge in [0.05, 0.1) is 6.54 Å². The van der Waals surface area contributed by atoms with Gasteiger partial charge in [-0.1, -0.05) is 29.4 Å². The zero-order valence-electron chi connectivity index (χ0n) is 11.6. The van der Waals surface area contributed by atoms with E-state index in [-0.39, 0.29) is 0 Å². The Morgan fingerprint density at radius 3 is 2.53 bits per heavy atom. The van der Waals surface area contributed by atoms with E-state index in [0.717, 1.165) is 11.1 Å². The minimum absolute atomic E-state index is 0.444. The highest BCUT2D eigenvalue weighted by molar-refractivity contribution is 5.54. The molecule has 0 fully saturated rings. The van der Waals surface area contributed by atoms with Gasteiger partial charge in [0.1, 0.15) is 0 Å². The molecule has 19 heavy (non-hydrogen) atoms. The highest BCUT2D eigenvalue weighted by Crippen LogP contribution is 2.17. The van der Waals surface area contributed by atoms with E-state index in [2.05, 4.69) is 28.9 Å². The van der Waals surface area contributed by atoms with Crippen LogP contribution in [0.3, 0.4) is 0 Å². The van der Waals surface area contributed by atoms with E-state index < -0.39 is 0 Å². The largest absolute Gasteiger partial charge is 0.338 e. The van der Waals surface area contributed by atoms with Crippen molar-refractivity contribution in [2.45, 2.75) is 33.0 Å². The first-order valence-corrected chi connectivity index (χ1v) is 6.42. The summed E-state index contributed by atoms with van der Waals surface area (Å²) in [5.74, 6) is 1.25. The van der Waals surface area contributed by atoms with Gasteiger partial charge in [0, 0.05) is 18.2 Å². The molecule has 2 aromatic rings. The predicted molar refractivity (Wildman–Crippen MR) is 74.2 cm³/mol. The number of hydrogen-bond donors (Lipinski definition) is 1. The number of aromatic nitrogens is 2. The molecule has 0 bridgehead atoms. The van der Waals surface area contributed by atoms with Gasteiger partial charge < -0.3 is 10.3 Å². The standard InChI is InChI=1S/C14H20N4O/c1-10(2)18(3)9-13-16-14(17-19-13)12-6-4-11(8-15)5-7-12/h4-7,10H,8-9,15H2,1-3H3. The molecule has 0 radical (unpaired) electrons.